The number of sulfone groups is 1. The zero-order valence-corrected chi connectivity index (χ0v) is 14.0. The smallest absolute Gasteiger partial charge is 0.351 e. The summed E-state index contributed by atoms with van der Waals surface area (Å²) in [5.41, 5.74) is 0. The second kappa shape index (κ2) is 7.49. The van der Waals surface area contributed by atoms with E-state index in [0.717, 1.165) is 23.1 Å². The third-order valence-corrected chi connectivity index (χ3v) is 6.53. The van der Waals surface area contributed by atoms with E-state index in [9.17, 15) is 21.6 Å². The van der Waals surface area contributed by atoms with Gasteiger partial charge < -0.3 is 5.32 Å². The minimum absolute atomic E-state index is 0.0516. The van der Waals surface area contributed by atoms with Crippen molar-refractivity contribution in [2.24, 2.45) is 0 Å². The van der Waals surface area contributed by atoms with Gasteiger partial charge in [-0.25, -0.2) is 8.42 Å². The maximum absolute atomic E-state index is 12.1. The quantitative estimate of drug-likeness (QED) is 0.741. The number of thioether (sulfide) groups is 1. The van der Waals surface area contributed by atoms with Crippen LogP contribution in [0.25, 0.3) is 0 Å². The van der Waals surface area contributed by atoms with Gasteiger partial charge in [0.15, 0.2) is 14.2 Å². The van der Waals surface area contributed by atoms with Gasteiger partial charge in [0.2, 0.25) is 5.13 Å². The fraction of sp³-hybridized carbons (Fsp3) is 0.333. The number of nitrogens with one attached hydrogen (secondary N) is 1. The molecule has 0 radical (unpaired) electrons. The summed E-state index contributed by atoms with van der Waals surface area (Å²) < 4.78 is 60.7. The molecule has 5 nitrogen and oxygen atoms in total. The molecule has 0 atom stereocenters. The summed E-state index contributed by atoms with van der Waals surface area (Å²) in [5, 5.41) is 9.47. The van der Waals surface area contributed by atoms with Gasteiger partial charge in [0.05, 0.1) is 10.6 Å². The summed E-state index contributed by atoms with van der Waals surface area (Å²) in [6, 6.07) is 8.05. The zero-order chi connectivity index (χ0) is 16.9. The minimum atomic E-state index is -4.33. The van der Waals surface area contributed by atoms with Crippen molar-refractivity contribution in [1.29, 1.82) is 0 Å². The Kier molecular flexibility index (Phi) is 5.87. The van der Waals surface area contributed by atoms with Crippen LogP contribution in [-0.2, 0) is 9.84 Å². The van der Waals surface area contributed by atoms with Crippen LogP contribution < -0.4 is 5.32 Å². The van der Waals surface area contributed by atoms with E-state index in [1.807, 2.05) is 0 Å². The van der Waals surface area contributed by atoms with E-state index in [1.165, 1.54) is 12.1 Å². The number of benzene rings is 1. The molecule has 1 aromatic carbocycles. The van der Waals surface area contributed by atoms with Gasteiger partial charge in [-0.05, 0) is 12.1 Å². The molecule has 11 heteroatoms. The molecule has 0 unspecified atom stereocenters. The lowest BCUT2D eigenvalue weighted by Gasteiger charge is -2.05. The minimum Gasteiger partial charge on any atom is -0.351 e. The summed E-state index contributed by atoms with van der Waals surface area (Å²) in [4.78, 5) is 0.241. The van der Waals surface area contributed by atoms with Gasteiger partial charge in [0, 0.05) is 5.75 Å². The second-order valence-electron chi connectivity index (χ2n) is 4.32. The summed E-state index contributed by atoms with van der Waals surface area (Å²) in [5.74, 6) is 0.151. The van der Waals surface area contributed by atoms with Crippen molar-refractivity contribution in [3.63, 3.8) is 0 Å². The van der Waals surface area contributed by atoms with Crippen LogP contribution in [-0.4, -0.2) is 42.8 Å². The molecule has 23 heavy (non-hydrogen) atoms. The van der Waals surface area contributed by atoms with Crippen LogP contribution in [0.15, 0.2) is 39.6 Å². The van der Waals surface area contributed by atoms with Crippen LogP contribution >= 0.6 is 23.1 Å². The van der Waals surface area contributed by atoms with Crippen molar-refractivity contribution in [2.45, 2.75) is 15.4 Å². The topological polar surface area (TPSA) is 72.0 Å². The highest BCUT2D eigenvalue weighted by Crippen LogP contribution is 2.27. The Bertz CT molecular complexity index is 733. The fourth-order valence-corrected chi connectivity index (χ4v) is 4.99. The molecule has 0 aliphatic heterocycles. The van der Waals surface area contributed by atoms with Crippen LogP contribution in [0.5, 0.6) is 0 Å². The van der Waals surface area contributed by atoms with Gasteiger partial charge in [-0.2, -0.15) is 13.2 Å². The lowest BCUT2D eigenvalue weighted by molar-refractivity contribution is -0.115. The third kappa shape index (κ3) is 5.99. The number of alkyl halides is 3. The first-order valence-corrected chi connectivity index (χ1v) is 9.76. The van der Waals surface area contributed by atoms with E-state index >= 15 is 0 Å². The number of anilines is 1. The first-order chi connectivity index (χ1) is 10.8. The molecule has 0 saturated heterocycles. The van der Waals surface area contributed by atoms with Gasteiger partial charge in [0.25, 0.3) is 0 Å². The summed E-state index contributed by atoms with van der Waals surface area (Å²) >= 11 is 2.10. The Morgan fingerprint density at radius 1 is 1.17 bits per heavy atom. The first kappa shape index (κ1) is 18.0. The number of nitrogens with zero attached hydrogens (tertiary/aromatic N) is 2. The monoisotopic (exact) mass is 383 g/mol. The number of hydrogen-bond acceptors (Lipinski definition) is 7. The molecular weight excluding hydrogens is 371 g/mol. The molecule has 0 spiro atoms. The molecule has 0 aliphatic rings. The van der Waals surface area contributed by atoms with Crippen molar-refractivity contribution in [2.75, 3.05) is 23.4 Å². The van der Waals surface area contributed by atoms with E-state index in [0.29, 0.717) is 4.34 Å². The highest BCUT2D eigenvalue weighted by molar-refractivity contribution is 8.02. The molecule has 0 aliphatic carbocycles. The lowest BCUT2D eigenvalue weighted by Crippen LogP contribution is -2.21. The molecule has 0 saturated carbocycles. The maximum atomic E-state index is 12.1. The van der Waals surface area contributed by atoms with Crippen molar-refractivity contribution in [1.82, 2.24) is 10.2 Å². The maximum Gasteiger partial charge on any atom is 0.405 e. The highest BCUT2D eigenvalue weighted by Gasteiger charge is 2.27. The average molecular weight is 383 g/mol. The Hall–Kier alpha value is -1.33. The van der Waals surface area contributed by atoms with Gasteiger partial charge in [0.1, 0.15) is 6.54 Å². The Morgan fingerprint density at radius 3 is 2.52 bits per heavy atom. The summed E-state index contributed by atoms with van der Waals surface area (Å²) in [7, 11) is -3.38. The average Bonchev–Trinajstić information content (AvgIpc) is 2.93. The van der Waals surface area contributed by atoms with Crippen molar-refractivity contribution < 1.29 is 21.6 Å². The van der Waals surface area contributed by atoms with Crippen molar-refractivity contribution >= 4 is 38.1 Å². The Morgan fingerprint density at radius 2 is 1.87 bits per heavy atom. The van der Waals surface area contributed by atoms with Crippen molar-refractivity contribution in [3.8, 4) is 0 Å². The van der Waals surface area contributed by atoms with Crippen molar-refractivity contribution in [3.05, 3.63) is 30.3 Å². The molecule has 2 rings (SSSR count). The zero-order valence-electron chi connectivity index (χ0n) is 11.6. The largest absolute Gasteiger partial charge is 0.405 e. The van der Waals surface area contributed by atoms with Gasteiger partial charge in [-0.3, -0.25) is 0 Å². The summed E-state index contributed by atoms with van der Waals surface area (Å²) in [6.45, 7) is -1.19. The Balaban J connectivity index is 1.84. The van der Waals surface area contributed by atoms with E-state index in [-0.39, 0.29) is 21.5 Å². The molecule has 1 aromatic heterocycles. The van der Waals surface area contributed by atoms with E-state index in [1.54, 1.807) is 18.2 Å². The van der Waals surface area contributed by atoms with Crippen LogP contribution in [0.3, 0.4) is 0 Å². The number of aromatic nitrogens is 2. The molecule has 1 heterocycles. The molecule has 0 fully saturated rings. The highest BCUT2D eigenvalue weighted by atomic mass is 32.2. The van der Waals surface area contributed by atoms with Crippen LogP contribution in [0, 0.1) is 0 Å². The molecule has 126 valence electrons. The van der Waals surface area contributed by atoms with Gasteiger partial charge >= 0.3 is 6.18 Å². The van der Waals surface area contributed by atoms with Gasteiger partial charge in [-0.1, -0.05) is 41.3 Å². The molecule has 2 aromatic rings. The van der Waals surface area contributed by atoms with Crippen LogP contribution in [0.2, 0.25) is 0 Å². The SMILES string of the molecule is O=S(=O)(CCSc1nnc(NCC(F)(F)F)s1)c1ccccc1. The Labute approximate surface area is 139 Å². The first-order valence-electron chi connectivity index (χ1n) is 6.31. The normalized spacial score (nSPS) is 12.3. The predicted octanol–water partition coefficient (Wildman–Crippen LogP) is 3.08. The number of hydrogen-bond donors (Lipinski definition) is 1. The molecule has 0 amide bonds. The van der Waals surface area contributed by atoms with Crippen LogP contribution in [0.1, 0.15) is 0 Å². The van der Waals surface area contributed by atoms with E-state index in [2.05, 4.69) is 15.5 Å². The third-order valence-electron chi connectivity index (χ3n) is 2.53. The number of halogens is 3. The molecule has 0 bridgehead atoms. The fourth-order valence-electron chi connectivity index (χ4n) is 1.50. The standard InChI is InChI=1S/C12H12F3N3O2S3/c13-12(14,15)8-16-10-17-18-11(22-10)21-6-7-23(19,20)9-4-2-1-3-5-9/h1-5H,6-8H2,(H,16,17). The van der Waals surface area contributed by atoms with E-state index < -0.39 is 22.6 Å². The van der Waals surface area contributed by atoms with Gasteiger partial charge in [-0.15, -0.1) is 10.2 Å². The predicted molar refractivity (Wildman–Crippen MR) is 83.7 cm³/mol. The second-order valence-corrected chi connectivity index (χ2v) is 8.75. The molecule has 1 N–H and O–H groups in total. The summed E-state index contributed by atoms with van der Waals surface area (Å²) in [6.07, 6.45) is -4.33. The van der Waals surface area contributed by atoms with Crippen LogP contribution in [0.4, 0.5) is 18.3 Å². The lowest BCUT2D eigenvalue weighted by atomic mass is 10.4. The van der Waals surface area contributed by atoms with E-state index in [4.69, 9.17) is 0 Å². The number of rotatable bonds is 7. The molecular formula is C12H12F3N3O2S3.